The lowest BCUT2D eigenvalue weighted by atomic mass is 9.71. The average Bonchev–Trinajstić information content (AvgIpc) is 3.44. The van der Waals surface area contributed by atoms with Gasteiger partial charge in [0, 0.05) is 16.5 Å². The Morgan fingerprint density at radius 1 is 1.11 bits per heavy atom. The van der Waals surface area contributed by atoms with Crippen LogP contribution in [0, 0.1) is 0 Å². The summed E-state index contributed by atoms with van der Waals surface area (Å²) in [6, 6.07) is 17.3. The molecule has 2 aromatic carbocycles. The summed E-state index contributed by atoms with van der Waals surface area (Å²) in [5.41, 5.74) is 9.86. The third-order valence-electron chi connectivity index (χ3n) is 6.51. The first-order valence-electron chi connectivity index (χ1n) is 11.4. The second-order valence-electron chi connectivity index (χ2n) is 8.98. The fourth-order valence-electron chi connectivity index (χ4n) is 4.34. The first kappa shape index (κ1) is 21.5. The second-order valence-corrected chi connectivity index (χ2v) is 10.0. The number of thiazole rings is 1. The van der Waals surface area contributed by atoms with Crippen molar-refractivity contribution in [2.75, 3.05) is 16.4 Å². The summed E-state index contributed by atoms with van der Waals surface area (Å²) in [6.07, 6.45) is 2.40. The largest absolute Gasteiger partial charge is 0.402 e. The Bertz CT molecular complexity index is 1440. The number of benzodiazepines with no additional fused rings is 1. The van der Waals surface area contributed by atoms with Crippen molar-refractivity contribution in [2.24, 2.45) is 4.99 Å². The molecule has 3 heterocycles. The number of aromatic nitrogens is 3. The number of para-hydroxylation sites is 1. The van der Waals surface area contributed by atoms with E-state index in [2.05, 4.69) is 27.8 Å². The SMILES string of the molecule is CC1(c2nc(-c3nnc(N[C@H]4N=C(c5ccccc5)c5ccccc5NC4=O)o3)c(N)s2)CCC1. The smallest absolute Gasteiger partial charge is 0.317 e. The van der Waals surface area contributed by atoms with E-state index in [4.69, 9.17) is 20.1 Å². The van der Waals surface area contributed by atoms with Crippen molar-refractivity contribution in [3.05, 3.63) is 70.7 Å². The van der Waals surface area contributed by atoms with Crippen LogP contribution in [0.15, 0.2) is 64.0 Å². The molecule has 4 N–H and O–H groups in total. The van der Waals surface area contributed by atoms with Gasteiger partial charge in [0.15, 0.2) is 5.69 Å². The molecule has 0 spiro atoms. The van der Waals surface area contributed by atoms with Crippen LogP contribution in [0.1, 0.15) is 42.3 Å². The van der Waals surface area contributed by atoms with Crippen molar-refractivity contribution in [1.29, 1.82) is 0 Å². The van der Waals surface area contributed by atoms with Crippen molar-refractivity contribution in [3.63, 3.8) is 0 Å². The van der Waals surface area contributed by atoms with Gasteiger partial charge in [0.05, 0.1) is 11.4 Å². The maximum absolute atomic E-state index is 13.0. The van der Waals surface area contributed by atoms with Gasteiger partial charge in [-0.3, -0.25) is 4.79 Å². The van der Waals surface area contributed by atoms with Gasteiger partial charge in [0.1, 0.15) is 10.0 Å². The summed E-state index contributed by atoms with van der Waals surface area (Å²) in [4.78, 5) is 22.5. The molecule has 0 radical (unpaired) electrons. The molecular weight excluding hydrogens is 462 g/mol. The minimum absolute atomic E-state index is 0.0612. The summed E-state index contributed by atoms with van der Waals surface area (Å²) in [7, 11) is 0. The van der Waals surface area contributed by atoms with Crippen LogP contribution in [0.25, 0.3) is 11.6 Å². The molecule has 176 valence electrons. The van der Waals surface area contributed by atoms with Crippen LogP contribution in [0.2, 0.25) is 0 Å². The maximum Gasteiger partial charge on any atom is 0.317 e. The minimum atomic E-state index is -0.983. The molecule has 1 amide bonds. The number of nitrogen functional groups attached to an aromatic ring is 1. The molecule has 0 unspecified atom stereocenters. The normalized spacial score (nSPS) is 18.6. The number of nitrogens with zero attached hydrogens (tertiary/aromatic N) is 4. The number of carbonyl (C=O) groups is 1. The van der Waals surface area contributed by atoms with Gasteiger partial charge in [-0.05, 0) is 18.9 Å². The van der Waals surface area contributed by atoms with E-state index >= 15 is 0 Å². The van der Waals surface area contributed by atoms with Crippen molar-refractivity contribution >= 4 is 39.7 Å². The Balaban J connectivity index is 1.31. The third kappa shape index (κ3) is 3.85. The Morgan fingerprint density at radius 2 is 1.89 bits per heavy atom. The summed E-state index contributed by atoms with van der Waals surface area (Å²) < 4.78 is 5.82. The number of rotatable bonds is 5. The van der Waals surface area contributed by atoms with E-state index in [-0.39, 0.29) is 23.2 Å². The first-order valence-corrected chi connectivity index (χ1v) is 12.2. The molecule has 1 aliphatic heterocycles. The molecular formula is C25H23N7O2S. The molecule has 2 aromatic heterocycles. The molecule has 9 nitrogen and oxygen atoms in total. The van der Waals surface area contributed by atoms with E-state index in [1.807, 2.05) is 54.6 Å². The van der Waals surface area contributed by atoms with Crippen molar-refractivity contribution in [1.82, 2.24) is 15.2 Å². The van der Waals surface area contributed by atoms with E-state index in [0.717, 1.165) is 29.0 Å². The summed E-state index contributed by atoms with van der Waals surface area (Å²) in [6.45, 7) is 2.20. The number of hydrogen-bond acceptors (Lipinski definition) is 9. The van der Waals surface area contributed by atoms with Crippen LogP contribution in [0.5, 0.6) is 0 Å². The van der Waals surface area contributed by atoms with Crippen LogP contribution in [-0.2, 0) is 10.2 Å². The summed E-state index contributed by atoms with van der Waals surface area (Å²) in [5.74, 6) is -0.128. The molecule has 1 fully saturated rings. The molecule has 4 aromatic rings. The molecule has 35 heavy (non-hydrogen) atoms. The predicted molar refractivity (Wildman–Crippen MR) is 136 cm³/mol. The van der Waals surface area contributed by atoms with E-state index in [0.29, 0.717) is 22.1 Å². The van der Waals surface area contributed by atoms with Crippen LogP contribution in [0.4, 0.5) is 16.7 Å². The number of amides is 1. The van der Waals surface area contributed by atoms with Gasteiger partial charge in [-0.25, -0.2) is 9.98 Å². The van der Waals surface area contributed by atoms with E-state index in [1.54, 1.807) is 0 Å². The van der Waals surface area contributed by atoms with E-state index in [1.165, 1.54) is 17.8 Å². The van der Waals surface area contributed by atoms with Gasteiger partial charge in [0.2, 0.25) is 6.17 Å². The first-order chi connectivity index (χ1) is 17.0. The lowest BCUT2D eigenvalue weighted by Crippen LogP contribution is -2.32. The molecule has 1 aliphatic carbocycles. The minimum Gasteiger partial charge on any atom is -0.402 e. The van der Waals surface area contributed by atoms with Gasteiger partial charge in [-0.2, -0.15) is 0 Å². The number of benzene rings is 2. The fraction of sp³-hybridized carbons (Fsp3) is 0.240. The molecule has 10 heteroatoms. The van der Waals surface area contributed by atoms with Crippen molar-refractivity contribution in [3.8, 4) is 11.6 Å². The topological polar surface area (TPSA) is 131 Å². The standard InChI is InChI=1S/C25H23N7O2S/c1-25(12-7-13-25)23-29-18(19(26)35-23)22-31-32-24(34-22)30-20-21(33)27-16-11-6-5-10-15(16)17(28-20)14-8-3-2-4-9-14/h2-6,8-11,20H,7,12-13,26H2,1H3,(H,27,33)(H,30,32)/t20-/m1/s1. The Morgan fingerprint density at radius 3 is 2.66 bits per heavy atom. The number of nitrogens with one attached hydrogen (secondary N) is 2. The van der Waals surface area contributed by atoms with E-state index < -0.39 is 6.17 Å². The molecule has 0 saturated heterocycles. The Labute approximate surface area is 205 Å². The number of anilines is 3. The molecule has 6 rings (SSSR count). The molecule has 0 bridgehead atoms. The molecule has 1 saturated carbocycles. The highest BCUT2D eigenvalue weighted by molar-refractivity contribution is 7.16. The van der Waals surface area contributed by atoms with Crippen LogP contribution < -0.4 is 16.4 Å². The number of carbonyl (C=O) groups excluding carboxylic acids is 1. The Hall–Kier alpha value is -4.05. The van der Waals surface area contributed by atoms with Crippen LogP contribution in [-0.4, -0.2) is 33.0 Å². The second kappa shape index (κ2) is 8.31. The zero-order valence-corrected chi connectivity index (χ0v) is 19.8. The van der Waals surface area contributed by atoms with Gasteiger partial charge < -0.3 is 20.8 Å². The van der Waals surface area contributed by atoms with Crippen LogP contribution in [0.3, 0.4) is 0 Å². The van der Waals surface area contributed by atoms with Crippen molar-refractivity contribution in [2.45, 2.75) is 37.8 Å². The van der Waals surface area contributed by atoms with Gasteiger partial charge in [-0.15, -0.1) is 16.4 Å². The van der Waals surface area contributed by atoms with Crippen LogP contribution >= 0.6 is 11.3 Å². The zero-order valence-electron chi connectivity index (χ0n) is 19.0. The summed E-state index contributed by atoms with van der Waals surface area (Å²) >= 11 is 1.46. The number of aliphatic imine (C=N–C) groups is 1. The van der Waals surface area contributed by atoms with Gasteiger partial charge in [0.25, 0.3) is 11.8 Å². The van der Waals surface area contributed by atoms with Gasteiger partial charge in [-0.1, -0.05) is 67.0 Å². The monoisotopic (exact) mass is 485 g/mol. The van der Waals surface area contributed by atoms with E-state index in [9.17, 15) is 4.79 Å². The maximum atomic E-state index is 13.0. The highest BCUT2D eigenvalue weighted by Gasteiger charge is 2.37. The van der Waals surface area contributed by atoms with Gasteiger partial charge >= 0.3 is 6.01 Å². The summed E-state index contributed by atoms with van der Waals surface area (Å²) in [5, 5.41) is 15.6. The number of nitrogens with two attached hydrogens (primary N) is 1. The van der Waals surface area contributed by atoms with Crippen molar-refractivity contribution < 1.29 is 9.21 Å². The molecule has 1 atom stereocenters. The third-order valence-corrected chi connectivity index (χ3v) is 7.70. The quantitative estimate of drug-likeness (QED) is 0.381. The fourth-order valence-corrected chi connectivity index (χ4v) is 5.36. The highest BCUT2D eigenvalue weighted by Crippen LogP contribution is 2.47. The highest BCUT2D eigenvalue weighted by atomic mass is 32.1. The number of fused-ring (bicyclic) bond motifs is 1. The predicted octanol–water partition coefficient (Wildman–Crippen LogP) is 4.44. The Kier molecular flexibility index (Phi) is 5.10. The lowest BCUT2D eigenvalue weighted by Gasteiger charge is -2.36. The lowest BCUT2D eigenvalue weighted by molar-refractivity contribution is -0.116. The number of hydrogen-bond donors (Lipinski definition) is 3. The zero-order chi connectivity index (χ0) is 24.0. The average molecular weight is 486 g/mol. The molecule has 2 aliphatic rings.